The van der Waals surface area contributed by atoms with Crippen molar-refractivity contribution < 1.29 is 4.79 Å². The molecule has 4 N–H and O–H groups in total. The van der Waals surface area contributed by atoms with E-state index >= 15 is 0 Å². The molecule has 3 aromatic rings. The average Bonchev–Trinajstić information content (AvgIpc) is 3.32. The number of nitrogens with one attached hydrogen (secondary N) is 2. The van der Waals surface area contributed by atoms with Crippen molar-refractivity contribution in [1.82, 2.24) is 25.2 Å². The Morgan fingerprint density at radius 3 is 2.85 bits per heavy atom. The van der Waals surface area contributed by atoms with E-state index in [4.69, 9.17) is 5.73 Å². The molecule has 3 aromatic heterocycles. The molecule has 0 bridgehead atoms. The fraction of sp³-hybridized carbons (Fsp3) is 0.375. The highest BCUT2D eigenvalue weighted by Gasteiger charge is 2.22. The van der Waals surface area contributed by atoms with Gasteiger partial charge < -0.3 is 16.4 Å². The van der Waals surface area contributed by atoms with Gasteiger partial charge in [0.05, 0.1) is 11.4 Å². The van der Waals surface area contributed by atoms with Crippen LogP contribution < -0.4 is 16.4 Å². The van der Waals surface area contributed by atoms with E-state index < -0.39 is 0 Å². The molecule has 1 aliphatic heterocycles. The van der Waals surface area contributed by atoms with Gasteiger partial charge in [0.25, 0.3) is 5.91 Å². The van der Waals surface area contributed by atoms with E-state index in [1.54, 1.807) is 17.5 Å². The van der Waals surface area contributed by atoms with Gasteiger partial charge in [-0.2, -0.15) is 5.26 Å². The zero-order valence-electron chi connectivity index (χ0n) is 19.1. The average molecular weight is 477 g/mol. The lowest BCUT2D eigenvalue weighted by atomic mass is 9.96. The lowest BCUT2D eigenvalue weighted by molar-refractivity contribution is 0.0930. The third-order valence-electron chi connectivity index (χ3n) is 5.81. The number of rotatable bonds is 8. The van der Waals surface area contributed by atoms with Gasteiger partial charge in [0.15, 0.2) is 0 Å². The van der Waals surface area contributed by atoms with Crippen molar-refractivity contribution in [3.63, 3.8) is 0 Å². The number of anilines is 2. The van der Waals surface area contributed by atoms with Crippen LogP contribution >= 0.6 is 11.3 Å². The Morgan fingerprint density at radius 2 is 2.15 bits per heavy atom. The number of carbonyl (C=O) groups excluding carboxylic acids is 1. The first-order valence-electron chi connectivity index (χ1n) is 11.4. The summed E-state index contributed by atoms with van der Waals surface area (Å²) in [6.07, 6.45) is 5.75. The minimum absolute atomic E-state index is 0.221. The van der Waals surface area contributed by atoms with Gasteiger partial charge in [0, 0.05) is 36.9 Å². The highest BCUT2D eigenvalue weighted by atomic mass is 32.1. The normalized spacial score (nSPS) is 14.5. The summed E-state index contributed by atoms with van der Waals surface area (Å²) in [6.45, 7) is 5.90. The second-order valence-corrected chi connectivity index (χ2v) is 9.35. The Hall–Kier alpha value is -3.55. The fourth-order valence-corrected chi connectivity index (χ4v) is 4.91. The molecule has 4 heterocycles. The second-order valence-electron chi connectivity index (χ2n) is 8.24. The number of nitrogen functional groups attached to an aromatic ring is 1. The molecule has 176 valence electrons. The number of nitrogens with two attached hydrogens (primary N) is 1. The van der Waals surface area contributed by atoms with Gasteiger partial charge in [-0.1, -0.05) is 6.07 Å². The van der Waals surface area contributed by atoms with E-state index in [0.29, 0.717) is 24.8 Å². The van der Waals surface area contributed by atoms with Gasteiger partial charge in [-0.25, -0.2) is 9.97 Å². The molecular weight excluding hydrogens is 448 g/mol. The first kappa shape index (κ1) is 23.6. The van der Waals surface area contributed by atoms with Crippen molar-refractivity contribution in [2.45, 2.75) is 26.3 Å². The lowest BCUT2D eigenvalue weighted by Crippen LogP contribution is -2.38. The largest absolute Gasteiger partial charge is 0.397 e. The number of carbonyl (C=O) groups is 1. The van der Waals surface area contributed by atoms with Gasteiger partial charge in [-0.15, -0.1) is 11.3 Å². The Morgan fingerprint density at radius 1 is 1.32 bits per heavy atom. The number of pyridine rings is 2. The molecular formula is C24H28N8OS. The van der Waals surface area contributed by atoms with E-state index in [0.717, 1.165) is 43.2 Å². The number of aromatic nitrogens is 3. The highest BCUT2D eigenvalue weighted by molar-refractivity contribution is 7.14. The maximum atomic E-state index is 12.7. The quantitative estimate of drug-likeness (QED) is 0.452. The lowest BCUT2D eigenvalue weighted by Gasteiger charge is -2.31. The van der Waals surface area contributed by atoms with Crippen LogP contribution in [0.4, 0.5) is 11.5 Å². The molecule has 0 saturated carbocycles. The van der Waals surface area contributed by atoms with Crippen LogP contribution in [0.5, 0.6) is 0 Å². The molecule has 1 aliphatic rings. The maximum absolute atomic E-state index is 12.7. The zero-order chi connectivity index (χ0) is 23.9. The Labute approximate surface area is 203 Å². The predicted molar refractivity (Wildman–Crippen MR) is 133 cm³/mol. The van der Waals surface area contributed by atoms with Crippen LogP contribution in [0, 0.1) is 17.2 Å². The molecule has 34 heavy (non-hydrogen) atoms. The number of hydrogen-bond donors (Lipinski definition) is 3. The summed E-state index contributed by atoms with van der Waals surface area (Å²) in [6, 6.07) is 9.36. The number of hydrogen-bond acceptors (Lipinski definition) is 9. The van der Waals surface area contributed by atoms with Crippen LogP contribution in [-0.2, 0) is 6.54 Å². The van der Waals surface area contributed by atoms with E-state index in [2.05, 4.69) is 30.5 Å². The summed E-state index contributed by atoms with van der Waals surface area (Å²) >= 11 is 1.69. The molecule has 1 amide bonds. The SMILES string of the molecule is CCNc1nc(C(=O)NCC2CCN(Cc3cnc(-c4ccccn4)s3)CC2)cc(N)c1C#N. The molecule has 0 radical (unpaired) electrons. The van der Waals surface area contributed by atoms with Crippen LogP contribution in [0.25, 0.3) is 10.7 Å². The summed E-state index contributed by atoms with van der Waals surface area (Å²) < 4.78 is 0. The first-order chi connectivity index (χ1) is 16.6. The molecule has 9 nitrogen and oxygen atoms in total. The van der Waals surface area contributed by atoms with E-state index in [9.17, 15) is 10.1 Å². The molecule has 4 rings (SSSR count). The summed E-state index contributed by atoms with van der Waals surface area (Å²) in [7, 11) is 0. The van der Waals surface area contributed by atoms with Crippen LogP contribution in [0.3, 0.4) is 0 Å². The highest BCUT2D eigenvalue weighted by Crippen LogP contribution is 2.26. The van der Waals surface area contributed by atoms with Crippen molar-refractivity contribution in [2.24, 2.45) is 5.92 Å². The second kappa shape index (κ2) is 11.0. The number of nitriles is 1. The minimum Gasteiger partial charge on any atom is -0.397 e. The third kappa shape index (κ3) is 5.68. The molecule has 0 aromatic carbocycles. The number of amides is 1. The van der Waals surface area contributed by atoms with Crippen LogP contribution in [0.15, 0.2) is 36.7 Å². The van der Waals surface area contributed by atoms with Crippen LogP contribution in [-0.4, -0.2) is 51.9 Å². The molecule has 0 unspecified atom stereocenters. The van der Waals surface area contributed by atoms with E-state index in [1.807, 2.05) is 37.4 Å². The van der Waals surface area contributed by atoms with E-state index in [1.165, 1.54) is 10.9 Å². The van der Waals surface area contributed by atoms with Gasteiger partial charge >= 0.3 is 0 Å². The molecule has 0 aliphatic carbocycles. The topological polar surface area (TPSA) is 133 Å². The first-order valence-corrected chi connectivity index (χ1v) is 12.2. The monoisotopic (exact) mass is 476 g/mol. The number of nitrogens with zero attached hydrogens (tertiary/aromatic N) is 5. The van der Waals surface area contributed by atoms with E-state index in [-0.39, 0.29) is 22.9 Å². The van der Waals surface area contributed by atoms with Crippen molar-refractivity contribution >= 4 is 28.7 Å². The molecule has 0 spiro atoms. The van der Waals surface area contributed by atoms with Gasteiger partial charge in [0.1, 0.15) is 28.2 Å². The van der Waals surface area contributed by atoms with Crippen LogP contribution in [0.1, 0.15) is 40.7 Å². The maximum Gasteiger partial charge on any atom is 0.270 e. The summed E-state index contributed by atoms with van der Waals surface area (Å²) in [5.41, 5.74) is 7.60. The number of likely N-dealkylation sites (tertiary alicyclic amines) is 1. The van der Waals surface area contributed by atoms with Crippen molar-refractivity contribution in [3.05, 3.63) is 52.8 Å². The van der Waals surface area contributed by atoms with Gasteiger partial charge in [-0.3, -0.25) is 14.7 Å². The van der Waals surface area contributed by atoms with Crippen LogP contribution in [0.2, 0.25) is 0 Å². The predicted octanol–water partition coefficient (Wildman–Crippen LogP) is 3.13. The Balaban J connectivity index is 1.26. The summed E-state index contributed by atoms with van der Waals surface area (Å²) in [5, 5.41) is 16.2. The summed E-state index contributed by atoms with van der Waals surface area (Å²) in [4.78, 5) is 29.5. The van der Waals surface area contributed by atoms with Gasteiger partial charge in [0.2, 0.25) is 0 Å². The number of piperidine rings is 1. The fourth-order valence-electron chi connectivity index (χ4n) is 3.98. The molecule has 1 saturated heterocycles. The zero-order valence-corrected chi connectivity index (χ0v) is 19.9. The summed E-state index contributed by atoms with van der Waals surface area (Å²) in [5.74, 6) is 0.483. The van der Waals surface area contributed by atoms with Crippen molar-refractivity contribution in [3.8, 4) is 16.8 Å². The van der Waals surface area contributed by atoms with Crippen molar-refractivity contribution in [2.75, 3.05) is 37.2 Å². The standard InChI is InChI=1S/C24H28N8OS/c1-2-27-22-18(12-25)19(26)11-21(31-22)23(33)29-13-16-6-9-32(10-7-16)15-17-14-30-24(34-17)20-5-3-4-8-28-20/h3-5,8,11,14,16H,2,6-7,9-10,13,15H2,1H3,(H,29,33)(H3,26,27,31). The Kier molecular flexibility index (Phi) is 7.67. The number of thiazole rings is 1. The van der Waals surface area contributed by atoms with Gasteiger partial charge in [-0.05, 0) is 57.0 Å². The smallest absolute Gasteiger partial charge is 0.270 e. The molecule has 10 heteroatoms. The third-order valence-corrected chi connectivity index (χ3v) is 6.82. The minimum atomic E-state index is -0.274. The molecule has 0 atom stereocenters. The molecule has 1 fully saturated rings. The van der Waals surface area contributed by atoms with Crippen molar-refractivity contribution in [1.29, 1.82) is 5.26 Å². The Bertz CT molecular complexity index is 1170.